The molecule has 9 rings (SSSR count). The Bertz CT molecular complexity index is 2230. The lowest BCUT2D eigenvalue weighted by Crippen LogP contribution is -2.66. The zero-order valence-electron chi connectivity index (χ0n) is 50.3. The molecule has 3 saturated carbocycles. The molecular formula is C60H96O22. The van der Waals surface area contributed by atoms with Crippen LogP contribution >= 0.6 is 0 Å². The van der Waals surface area contributed by atoms with E-state index in [0.29, 0.717) is 56.9 Å². The molecule has 4 aliphatic carbocycles. The van der Waals surface area contributed by atoms with Gasteiger partial charge in [0.15, 0.2) is 31.5 Å². The molecule has 22 nitrogen and oxygen atoms in total. The van der Waals surface area contributed by atoms with Crippen molar-refractivity contribution >= 4 is 11.8 Å². The lowest BCUT2D eigenvalue weighted by molar-refractivity contribution is -0.358. The highest BCUT2D eigenvalue weighted by molar-refractivity contribution is 5.88. The Morgan fingerprint density at radius 3 is 1.56 bits per heavy atom. The number of hydrogen-bond acceptors (Lipinski definition) is 22. The number of methoxy groups -OCH3 is 4. The van der Waals surface area contributed by atoms with Crippen molar-refractivity contribution in [3.63, 3.8) is 0 Å². The van der Waals surface area contributed by atoms with Crippen molar-refractivity contribution in [1.82, 2.24) is 0 Å². The average Bonchev–Trinajstić information content (AvgIpc) is 1.46. The van der Waals surface area contributed by atoms with Gasteiger partial charge in [-0.25, -0.2) is 4.79 Å². The lowest BCUT2D eigenvalue weighted by Gasteiger charge is -2.63. The summed E-state index contributed by atoms with van der Waals surface area (Å²) in [5, 5.41) is 53.8. The van der Waals surface area contributed by atoms with Crippen molar-refractivity contribution in [2.75, 3.05) is 35.0 Å². The highest BCUT2D eigenvalue weighted by Crippen LogP contribution is 2.69. The molecule has 82 heavy (non-hydrogen) atoms. The van der Waals surface area contributed by atoms with E-state index in [1.54, 1.807) is 48.2 Å². The fraction of sp³-hybridized carbons (Fsp3) is 0.900. The maximum atomic E-state index is 13.4. The van der Waals surface area contributed by atoms with Gasteiger partial charge in [0.1, 0.15) is 60.7 Å². The van der Waals surface area contributed by atoms with Crippen LogP contribution in [0.1, 0.15) is 133 Å². The number of carbonyl (C=O) groups is 2. The minimum Gasteiger partial charge on any atom is -0.458 e. The van der Waals surface area contributed by atoms with E-state index in [9.17, 15) is 35.1 Å². The molecule has 0 spiro atoms. The molecule has 5 saturated heterocycles. The van der Waals surface area contributed by atoms with E-state index < -0.39 is 159 Å². The Morgan fingerprint density at radius 1 is 0.634 bits per heavy atom. The number of ketones is 1. The molecule has 0 aromatic carbocycles. The second-order valence-corrected chi connectivity index (χ2v) is 25.3. The summed E-state index contributed by atoms with van der Waals surface area (Å²) in [5.74, 6) is -0.795. The predicted octanol–water partition coefficient (Wildman–Crippen LogP) is 4.08. The third kappa shape index (κ3) is 12.2. The quantitative estimate of drug-likeness (QED) is 0.0735. The number of Topliss-reactive ketones (excluding diaryl/α,β-unsaturated/α-hetero) is 1. The summed E-state index contributed by atoms with van der Waals surface area (Å²) in [6.07, 6.45) is -6.79. The van der Waals surface area contributed by atoms with Crippen LogP contribution in [0.4, 0.5) is 0 Å². The summed E-state index contributed by atoms with van der Waals surface area (Å²) in [5.41, 5.74) is -0.516. The molecule has 0 aromatic rings. The topological polar surface area (TPSA) is 274 Å². The van der Waals surface area contributed by atoms with Crippen LogP contribution in [-0.2, 0) is 80.6 Å². The van der Waals surface area contributed by atoms with Gasteiger partial charge in [-0.3, -0.25) is 4.79 Å². The number of allylic oxidation sites excluding steroid dienone is 2. The summed E-state index contributed by atoms with van der Waals surface area (Å²) in [7, 11) is 6.43. The third-order valence-electron chi connectivity index (χ3n) is 20.9. The van der Waals surface area contributed by atoms with Crippen LogP contribution in [0.25, 0.3) is 0 Å². The first kappa shape index (κ1) is 64.3. The summed E-state index contributed by atoms with van der Waals surface area (Å²) in [6, 6.07) is 0. The van der Waals surface area contributed by atoms with E-state index in [-0.39, 0.29) is 41.7 Å². The van der Waals surface area contributed by atoms with Crippen molar-refractivity contribution in [3.05, 3.63) is 23.3 Å². The molecule has 0 radical (unpaired) electrons. The standard InChI is InChI=1S/C60H96O22/c1-14-28(2)56(66)78-44-22-38-37(60(67)20-18-36(29(3)62)59(44,60)9)16-15-34-21-35(17-19-58(34,38)8)76-45-23-39(68-10)52(30(4)72-45)79-46-24-40(69-11)53(31(5)73-46)80-47-25-41(70-12)54(32(6)74-47)81-48-26-42(71-13)55(33(7)75-48)82-57-51(65)50(64)49(63)43(27-61)77-57/h14-15,30-33,35-55,57,61,63-65,67H,16-27H2,1-13H3/b28-14+/t30-,31-,32-,33-,35+,36-,37-,38?,39+,40+,41+,42-,43-,44-,45+,46+,47+,48+,49-,50+,51-,52-,53-,54-,55-,57+,58+,59+,60+/m1/s1. The molecule has 22 heteroatoms. The fourth-order valence-electron chi connectivity index (χ4n) is 16.0. The van der Waals surface area contributed by atoms with Crippen molar-refractivity contribution in [2.45, 2.75) is 280 Å². The molecule has 8 fully saturated rings. The van der Waals surface area contributed by atoms with E-state index in [1.165, 1.54) is 12.7 Å². The minimum atomic E-state index is -1.60. The number of carbonyl (C=O) groups excluding carboxylic acids is 2. The van der Waals surface area contributed by atoms with Crippen LogP contribution in [0.5, 0.6) is 0 Å². The number of hydrogen-bond donors (Lipinski definition) is 5. The van der Waals surface area contributed by atoms with Gasteiger partial charge >= 0.3 is 5.97 Å². The van der Waals surface area contributed by atoms with Crippen LogP contribution in [0.3, 0.4) is 0 Å². The predicted molar refractivity (Wildman–Crippen MR) is 289 cm³/mol. The zero-order chi connectivity index (χ0) is 59.3. The maximum absolute atomic E-state index is 13.4. The molecule has 9 aliphatic rings. The van der Waals surface area contributed by atoms with Crippen LogP contribution in [0, 0.1) is 28.6 Å². The van der Waals surface area contributed by atoms with Crippen molar-refractivity contribution in [1.29, 1.82) is 0 Å². The molecule has 468 valence electrons. The SMILES string of the molecule is C/C=C(\C)C(=O)O[C@@H]1CC2[C@@H](CC=C3C[C@@H](O[C@H]4C[C@H](OC)[C@H](O[C@H]5C[C@H](OC)[C@H](O[C@H]6C[C@H](OC)[C@H](O[C@H]7C[C@@H](OC)[C@H](O[C@@H]8O[C@H](CO)[C@@H](O)[C@H](O)[C@H]8O)[C@@H](C)O7)[C@@H](C)O6)[C@@H](C)O5)[C@@H](C)O4)CC[C@@]32C)[C@@]2(O)CC[C@H](C(C)=O)[C@@]12C. The number of esters is 1. The Kier molecular flexibility index (Phi) is 20.6. The highest BCUT2D eigenvalue weighted by atomic mass is 16.8. The number of aliphatic hydroxyl groups is 5. The number of rotatable bonds is 18. The second-order valence-electron chi connectivity index (χ2n) is 25.3. The Hall–Kier alpha value is -2.14. The highest BCUT2D eigenvalue weighted by Gasteiger charge is 2.71. The average molecular weight is 1170 g/mol. The fourth-order valence-corrected chi connectivity index (χ4v) is 16.0. The first-order chi connectivity index (χ1) is 39.0. The maximum Gasteiger partial charge on any atom is 0.333 e. The number of fused-ring (bicyclic) bond motifs is 5. The minimum absolute atomic E-state index is 0.0308. The van der Waals surface area contributed by atoms with Crippen molar-refractivity contribution in [2.24, 2.45) is 28.6 Å². The molecular weight excluding hydrogens is 1070 g/mol. The molecule has 0 amide bonds. The number of ether oxygens (including phenoxy) is 15. The first-order valence-electron chi connectivity index (χ1n) is 30.0. The van der Waals surface area contributed by atoms with E-state index in [2.05, 4.69) is 13.0 Å². The van der Waals surface area contributed by atoms with E-state index in [4.69, 9.17) is 71.1 Å². The Balaban J connectivity index is 0.764. The van der Waals surface area contributed by atoms with Crippen LogP contribution in [0.2, 0.25) is 0 Å². The van der Waals surface area contributed by atoms with Gasteiger partial charge in [-0.1, -0.05) is 31.6 Å². The van der Waals surface area contributed by atoms with Crippen molar-refractivity contribution in [3.8, 4) is 0 Å². The Labute approximate surface area is 483 Å². The molecule has 5 heterocycles. The molecule has 5 N–H and O–H groups in total. The first-order valence-corrected chi connectivity index (χ1v) is 30.0. The van der Waals surface area contributed by atoms with E-state index in [1.807, 2.05) is 34.6 Å². The van der Waals surface area contributed by atoms with Crippen molar-refractivity contribution < 1.29 is 106 Å². The lowest BCUT2D eigenvalue weighted by atomic mass is 9.45. The van der Waals surface area contributed by atoms with Gasteiger partial charge < -0.3 is 96.6 Å². The molecule has 0 bridgehead atoms. The molecule has 5 aliphatic heterocycles. The van der Waals surface area contributed by atoms with Crippen LogP contribution in [-0.4, -0.2) is 219 Å². The normalized spacial score (nSPS) is 49.9. The van der Waals surface area contributed by atoms with Crippen LogP contribution in [0.15, 0.2) is 23.3 Å². The second kappa shape index (κ2) is 26.3. The molecule has 1 unspecified atom stereocenters. The van der Waals surface area contributed by atoms with Gasteiger partial charge in [0.05, 0.1) is 67.1 Å². The zero-order valence-corrected chi connectivity index (χ0v) is 50.3. The van der Waals surface area contributed by atoms with Crippen LogP contribution < -0.4 is 0 Å². The van der Waals surface area contributed by atoms with Gasteiger partial charge in [-0.15, -0.1) is 0 Å². The van der Waals surface area contributed by atoms with Gasteiger partial charge in [-0.2, -0.15) is 0 Å². The van der Waals surface area contributed by atoms with Gasteiger partial charge in [0.2, 0.25) is 0 Å². The largest absolute Gasteiger partial charge is 0.458 e. The summed E-state index contributed by atoms with van der Waals surface area (Å²) >= 11 is 0. The van der Waals surface area contributed by atoms with Gasteiger partial charge in [0, 0.05) is 71.0 Å². The third-order valence-corrected chi connectivity index (χ3v) is 20.9. The summed E-state index contributed by atoms with van der Waals surface area (Å²) < 4.78 is 94.6. The Morgan fingerprint density at radius 2 is 1.11 bits per heavy atom. The monoisotopic (exact) mass is 1170 g/mol. The molecule has 29 atom stereocenters. The number of aliphatic hydroxyl groups excluding tert-OH is 4. The molecule has 0 aromatic heterocycles. The van der Waals surface area contributed by atoms with Gasteiger partial charge in [0.25, 0.3) is 0 Å². The van der Waals surface area contributed by atoms with Gasteiger partial charge in [-0.05, 0) is 111 Å². The smallest absolute Gasteiger partial charge is 0.333 e. The summed E-state index contributed by atoms with van der Waals surface area (Å²) in [6.45, 7) is 16.4. The summed E-state index contributed by atoms with van der Waals surface area (Å²) in [4.78, 5) is 26.6. The van der Waals surface area contributed by atoms with E-state index >= 15 is 0 Å². The van der Waals surface area contributed by atoms with E-state index in [0.717, 1.165) is 12.8 Å².